The molecule has 0 saturated heterocycles. The summed E-state index contributed by atoms with van der Waals surface area (Å²) >= 11 is 1.03. The molecule has 1 amide bonds. The third kappa shape index (κ3) is 4.45. The monoisotopic (exact) mass is 197 g/mol. The number of hydrogen-bond acceptors (Lipinski definition) is 4. The molecule has 6 heteroatoms. The van der Waals surface area contributed by atoms with Gasteiger partial charge in [-0.2, -0.15) is 0 Å². The zero-order chi connectivity index (χ0) is 8.91. The van der Waals surface area contributed by atoms with Crippen molar-refractivity contribution in [1.29, 1.82) is 0 Å². The van der Waals surface area contributed by atoms with Crippen molar-refractivity contribution in [2.45, 2.75) is 13.8 Å². The number of nitrogens with one attached hydrogen (secondary N) is 1. The molecule has 0 radical (unpaired) electrons. The maximum Gasteiger partial charge on any atom is 0.352 e. The van der Waals surface area contributed by atoms with Crippen LogP contribution >= 0.6 is 18.1 Å². The van der Waals surface area contributed by atoms with E-state index < -0.39 is 6.72 Å². The molecule has 0 aromatic carbocycles. The summed E-state index contributed by atoms with van der Waals surface area (Å²) in [5.41, 5.74) is 0. The highest BCUT2D eigenvalue weighted by Crippen LogP contribution is 2.53. The summed E-state index contributed by atoms with van der Waals surface area (Å²) in [6.07, 6.45) is 1.63. The second-order valence-electron chi connectivity index (χ2n) is 1.77. The van der Waals surface area contributed by atoms with Gasteiger partial charge in [0.25, 0.3) is 0 Å². The molecule has 0 aliphatic carbocycles. The quantitative estimate of drug-likeness (QED) is 0.696. The van der Waals surface area contributed by atoms with E-state index in [-0.39, 0.29) is 5.91 Å². The Hall–Kier alpha value is 0.01000. The molecular weight excluding hydrogens is 185 g/mol. The number of hydrogen-bond donors (Lipinski definition) is 1. The van der Waals surface area contributed by atoms with E-state index in [1.54, 1.807) is 13.2 Å². The lowest BCUT2D eigenvalue weighted by atomic mass is 10.8. The smallest absolute Gasteiger partial charge is 0.306 e. The lowest BCUT2D eigenvalue weighted by Gasteiger charge is -2.14. The Morgan fingerprint density at radius 1 is 1.73 bits per heavy atom. The first kappa shape index (κ1) is 11.0. The Labute approximate surface area is 70.3 Å². The van der Waals surface area contributed by atoms with Gasteiger partial charge >= 0.3 is 6.72 Å². The molecule has 0 aromatic heterocycles. The molecule has 0 heterocycles. The summed E-state index contributed by atoms with van der Waals surface area (Å²) in [5.74, 6) is -0.337. The van der Waals surface area contributed by atoms with Gasteiger partial charge in [-0.25, -0.2) is 0 Å². The van der Waals surface area contributed by atoms with Crippen LogP contribution in [0.3, 0.4) is 0 Å². The molecule has 0 aliphatic rings. The van der Waals surface area contributed by atoms with E-state index in [0.29, 0.717) is 6.61 Å². The first-order valence-corrected chi connectivity index (χ1v) is 6.58. The molecule has 0 spiro atoms. The van der Waals surface area contributed by atoms with Crippen molar-refractivity contribution < 1.29 is 13.9 Å². The predicted octanol–water partition coefficient (Wildman–Crippen LogP) is 1.63. The van der Waals surface area contributed by atoms with E-state index in [0.717, 1.165) is 11.4 Å². The minimum atomic E-state index is -2.94. The topological polar surface area (TPSA) is 55.4 Å². The molecule has 0 rings (SSSR count). The lowest BCUT2D eigenvalue weighted by Crippen LogP contribution is -2.16. The molecule has 0 saturated carbocycles. The van der Waals surface area contributed by atoms with Crippen molar-refractivity contribution >= 4 is 24.0 Å². The van der Waals surface area contributed by atoms with Gasteiger partial charge in [0.1, 0.15) is 0 Å². The highest BCUT2D eigenvalue weighted by atomic mass is 32.7. The Bertz CT molecular complexity index is 185. The van der Waals surface area contributed by atoms with Gasteiger partial charge in [-0.15, -0.1) is 0 Å². The van der Waals surface area contributed by atoms with Crippen molar-refractivity contribution in [3.8, 4) is 0 Å². The zero-order valence-corrected chi connectivity index (χ0v) is 8.50. The SMILES string of the molecule is CCOP(=O)(NC(C)=O)SC. The summed E-state index contributed by atoms with van der Waals surface area (Å²) in [5, 5.41) is 2.26. The molecule has 11 heavy (non-hydrogen) atoms. The third-order valence-electron chi connectivity index (χ3n) is 0.834. The van der Waals surface area contributed by atoms with Crippen LogP contribution in [0.15, 0.2) is 0 Å². The van der Waals surface area contributed by atoms with E-state index in [1.165, 1.54) is 6.92 Å². The van der Waals surface area contributed by atoms with E-state index in [1.807, 2.05) is 0 Å². The molecule has 0 aliphatic heterocycles. The van der Waals surface area contributed by atoms with Crippen molar-refractivity contribution in [3.05, 3.63) is 0 Å². The molecular formula is C5H12NO3PS. The fourth-order valence-corrected chi connectivity index (χ4v) is 2.77. The van der Waals surface area contributed by atoms with Crippen LogP contribution in [0.1, 0.15) is 13.8 Å². The molecule has 66 valence electrons. The average molecular weight is 197 g/mol. The van der Waals surface area contributed by atoms with Gasteiger partial charge in [-0.05, 0) is 13.2 Å². The molecule has 0 fully saturated rings. The maximum absolute atomic E-state index is 11.4. The Morgan fingerprint density at radius 2 is 2.27 bits per heavy atom. The number of rotatable bonds is 4. The second-order valence-corrected chi connectivity index (χ2v) is 6.15. The van der Waals surface area contributed by atoms with Crippen molar-refractivity contribution in [3.63, 3.8) is 0 Å². The minimum absolute atomic E-state index is 0.332. The van der Waals surface area contributed by atoms with Gasteiger partial charge in [0, 0.05) is 6.92 Å². The van der Waals surface area contributed by atoms with Gasteiger partial charge in [0.05, 0.1) is 6.61 Å². The molecule has 0 bridgehead atoms. The van der Waals surface area contributed by atoms with Crippen molar-refractivity contribution in [2.75, 3.05) is 12.9 Å². The Kier molecular flexibility index (Phi) is 4.81. The summed E-state index contributed by atoms with van der Waals surface area (Å²) in [4.78, 5) is 10.5. The fraction of sp³-hybridized carbons (Fsp3) is 0.800. The molecule has 1 atom stereocenters. The normalized spacial score (nSPS) is 15.5. The van der Waals surface area contributed by atoms with Crippen LogP contribution in [0.5, 0.6) is 0 Å². The zero-order valence-electron chi connectivity index (χ0n) is 6.79. The van der Waals surface area contributed by atoms with Gasteiger partial charge in [-0.3, -0.25) is 14.4 Å². The predicted molar refractivity (Wildman–Crippen MR) is 46.6 cm³/mol. The number of carbonyl (C=O) groups is 1. The van der Waals surface area contributed by atoms with Crippen LogP contribution < -0.4 is 5.09 Å². The van der Waals surface area contributed by atoms with Gasteiger partial charge in [-0.1, -0.05) is 11.4 Å². The number of amides is 1. The summed E-state index contributed by atoms with van der Waals surface area (Å²) in [7, 11) is 0. The van der Waals surface area contributed by atoms with Crippen LogP contribution in [0, 0.1) is 0 Å². The molecule has 1 unspecified atom stereocenters. The van der Waals surface area contributed by atoms with Crippen molar-refractivity contribution in [2.24, 2.45) is 0 Å². The second kappa shape index (κ2) is 4.80. The summed E-state index contributed by atoms with van der Waals surface area (Å²) < 4.78 is 16.3. The number of carbonyl (C=O) groups excluding carboxylic acids is 1. The van der Waals surface area contributed by atoms with Crippen LogP contribution in [0.4, 0.5) is 0 Å². The van der Waals surface area contributed by atoms with E-state index in [2.05, 4.69) is 5.09 Å². The first-order valence-electron chi connectivity index (χ1n) is 3.13. The van der Waals surface area contributed by atoms with Crippen LogP contribution in [0.25, 0.3) is 0 Å². The average Bonchev–Trinajstić information content (AvgIpc) is 1.87. The van der Waals surface area contributed by atoms with E-state index in [9.17, 15) is 9.36 Å². The van der Waals surface area contributed by atoms with Crippen LogP contribution in [-0.2, 0) is 13.9 Å². The summed E-state index contributed by atoms with van der Waals surface area (Å²) in [6, 6.07) is 0. The highest BCUT2D eigenvalue weighted by molar-refractivity contribution is 8.55. The standard InChI is InChI=1S/C5H12NO3PS/c1-4-9-10(8,11-3)6-5(2)7/h4H2,1-3H3,(H,6,7,8). The van der Waals surface area contributed by atoms with Gasteiger partial charge < -0.3 is 4.52 Å². The molecule has 0 aromatic rings. The van der Waals surface area contributed by atoms with E-state index in [4.69, 9.17) is 4.52 Å². The van der Waals surface area contributed by atoms with Crippen LogP contribution in [-0.4, -0.2) is 18.8 Å². The van der Waals surface area contributed by atoms with Crippen molar-refractivity contribution in [1.82, 2.24) is 5.09 Å². The first-order chi connectivity index (χ1) is 5.04. The Morgan fingerprint density at radius 3 is 2.55 bits per heavy atom. The van der Waals surface area contributed by atoms with E-state index >= 15 is 0 Å². The molecule has 1 N–H and O–H groups in total. The highest BCUT2D eigenvalue weighted by Gasteiger charge is 2.21. The Balaban J connectivity index is 4.10. The largest absolute Gasteiger partial charge is 0.352 e. The van der Waals surface area contributed by atoms with Gasteiger partial charge in [0.15, 0.2) is 0 Å². The minimum Gasteiger partial charge on any atom is -0.306 e. The van der Waals surface area contributed by atoms with Crippen LogP contribution in [0.2, 0.25) is 0 Å². The molecule has 4 nitrogen and oxygen atoms in total. The summed E-state index contributed by atoms with van der Waals surface area (Å²) in [6.45, 7) is 0.427. The fourth-order valence-electron chi connectivity index (χ4n) is 0.493. The lowest BCUT2D eigenvalue weighted by molar-refractivity contribution is -0.117. The maximum atomic E-state index is 11.4. The third-order valence-corrected chi connectivity index (χ3v) is 4.53. The van der Waals surface area contributed by atoms with Gasteiger partial charge in [0.2, 0.25) is 5.91 Å².